The van der Waals surface area contributed by atoms with E-state index in [-0.39, 0.29) is 0 Å². The van der Waals surface area contributed by atoms with Crippen LogP contribution in [-0.2, 0) is 20.2 Å². The lowest BCUT2D eigenvalue weighted by atomic mass is 10.1. The number of benzene rings is 1. The molecule has 0 aliphatic carbocycles. The Morgan fingerprint density at radius 2 is 1.68 bits per heavy atom. The van der Waals surface area contributed by atoms with Crippen molar-refractivity contribution in [3.63, 3.8) is 0 Å². The highest BCUT2D eigenvalue weighted by molar-refractivity contribution is 5.81. The minimum atomic E-state index is -1.15. The molecule has 4 heteroatoms. The van der Waals surface area contributed by atoms with Gasteiger partial charge in [0.05, 0.1) is 31.8 Å². The molecule has 0 amide bonds. The van der Waals surface area contributed by atoms with Gasteiger partial charge in [0.1, 0.15) is 0 Å². The summed E-state index contributed by atoms with van der Waals surface area (Å²) in [5.74, 6) is -1.63. The van der Waals surface area contributed by atoms with Crippen LogP contribution in [0.2, 0.25) is 0 Å². The molecule has 0 fully saturated rings. The zero-order chi connectivity index (χ0) is 16.6. The van der Waals surface area contributed by atoms with Crippen LogP contribution in [0.15, 0.2) is 43.0 Å². The molecule has 22 heavy (non-hydrogen) atoms. The van der Waals surface area contributed by atoms with Crippen LogP contribution in [0.3, 0.4) is 0 Å². The van der Waals surface area contributed by atoms with E-state index in [0.717, 1.165) is 25.2 Å². The Kier molecular flexibility index (Phi) is 6.78. The lowest BCUT2D eigenvalue weighted by Gasteiger charge is -2.49. The molecule has 0 heterocycles. The number of hydrogen-bond acceptors (Lipinski definition) is 3. The topological polar surface area (TPSA) is 35.5 Å². The van der Waals surface area contributed by atoms with Crippen LogP contribution in [0, 0.1) is 0 Å². The predicted octanol–water partition coefficient (Wildman–Crippen LogP) is 3.44. The van der Waals surface area contributed by atoms with Crippen molar-refractivity contribution in [2.75, 3.05) is 26.2 Å². The SMILES string of the molecule is C=CC(=O)OC(OCC)(c1ccccc1)[N+](CC)(CC)CC. The Balaban J connectivity index is 3.57. The minimum absolute atomic E-state index is 0.444. The van der Waals surface area contributed by atoms with Crippen molar-refractivity contribution in [2.24, 2.45) is 0 Å². The molecule has 122 valence electrons. The summed E-state index contributed by atoms with van der Waals surface area (Å²) in [6.45, 7) is 14.5. The molecule has 1 rings (SSSR count). The molecule has 4 nitrogen and oxygen atoms in total. The van der Waals surface area contributed by atoms with E-state index < -0.39 is 11.9 Å². The third-order valence-electron chi connectivity index (χ3n) is 4.32. The molecular weight excluding hydrogens is 278 g/mol. The molecule has 1 atom stereocenters. The maximum absolute atomic E-state index is 12.0. The average Bonchev–Trinajstić information content (AvgIpc) is 2.57. The predicted molar refractivity (Wildman–Crippen MR) is 87.9 cm³/mol. The second-order valence-electron chi connectivity index (χ2n) is 5.10. The number of carbonyl (C=O) groups excluding carboxylic acids is 1. The summed E-state index contributed by atoms with van der Waals surface area (Å²) in [7, 11) is 0. The van der Waals surface area contributed by atoms with Crippen molar-refractivity contribution in [3.8, 4) is 0 Å². The summed E-state index contributed by atoms with van der Waals surface area (Å²) in [6, 6.07) is 9.69. The van der Waals surface area contributed by atoms with Crippen LogP contribution >= 0.6 is 0 Å². The van der Waals surface area contributed by atoms with Gasteiger partial charge in [-0.25, -0.2) is 4.79 Å². The second-order valence-corrected chi connectivity index (χ2v) is 5.10. The monoisotopic (exact) mass is 306 g/mol. The van der Waals surface area contributed by atoms with E-state index in [4.69, 9.17) is 9.47 Å². The molecular formula is C18H28NO3+. The quantitative estimate of drug-likeness (QED) is 0.303. The van der Waals surface area contributed by atoms with Crippen LogP contribution in [0.4, 0.5) is 0 Å². The summed E-state index contributed by atoms with van der Waals surface area (Å²) in [6.07, 6.45) is 1.19. The molecule has 1 aromatic carbocycles. The first kappa shape index (κ1) is 18.4. The highest BCUT2D eigenvalue weighted by Crippen LogP contribution is 2.38. The fourth-order valence-electron chi connectivity index (χ4n) is 3.00. The summed E-state index contributed by atoms with van der Waals surface area (Å²) < 4.78 is 12.5. The fourth-order valence-corrected chi connectivity index (χ4v) is 3.00. The number of rotatable bonds is 9. The van der Waals surface area contributed by atoms with Crippen LogP contribution < -0.4 is 0 Å². The standard InChI is InChI=1S/C18H28NO3/c1-6-17(20)22-18(21-10-5,16-14-12-11-13-15-16)19(7-2,8-3)9-4/h6,11-15H,1,7-10H2,2-5H3/q+1. The summed E-state index contributed by atoms with van der Waals surface area (Å²) in [5, 5.41) is 0. The Morgan fingerprint density at radius 1 is 1.14 bits per heavy atom. The van der Waals surface area contributed by atoms with Crippen molar-refractivity contribution in [1.29, 1.82) is 0 Å². The molecule has 0 N–H and O–H groups in total. The lowest BCUT2D eigenvalue weighted by molar-refractivity contribution is -1.03. The van der Waals surface area contributed by atoms with Gasteiger partial charge in [0.25, 0.3) is 0 Å². The van der Waals surface area contributed by atoms with Crippen LogP contribution in [0.5, 0.6) is 0 Å². The molecule has 1 aromatic rings. The van der Waals surface area contributed by atoms with Gasteiger partial charge in [-0.1, -0.05) is 24.8 Å². The number of nitrogens with zero attached hydrogens (tertiary/aromatic N) is 1. The third kappa shape index (κ3) is 3.23. The van der Waals surface area contributed by atoms with E-state index in [0.29, 0.717) is 11.1 Å². The van der Waals surface area contributed by atoms with Gasteiger partial charge >= 0.3 is 11.9 Å². The molecule has 0 bridgehead atoms. The molecule has 0 radical (unpaired) electrons. The maximum Gasteiger partial charge on any atom is 0.392 e. The molecule has 0 saturated heterocycles. The van der Waals surface area contributed by atoms with Crippen molar-refractivity contribution < 1.29 is 18.8 Å². The van der Waals surface area contributed by atoms with Crippen LogP contribution in [0.1, 0.15) is 33.3 Å². The van der Waals surface area contributed by atoms with Gasteiger partial charge in [-0.2, -0.15) is 0 Å². The molecule has 0 saturated carbocycles. The molecule has 0 aliphatic heterocycles. The van der Waals surface area contributed by atoms with E-state index in [9.17, 15) is 4.79 Å². The highest BCUT2D eigenvalue weighted by Gasteiger charge is 2.55. The smallest absolute Gasteiger partial charge is 0.377 e. The van der Waals surface area contributed by atoms with Gasteiger partial charge < -0.3 is 4.74 Å². The number of quaternary nitrogens is 1. The minimum Gasteiger partial charge on any atom is -0.377 e. The van der Waals surface area contributed by atoms with Crippen molar-refractivity contribution in [2.45, 2.75) is 33.6 Å². The van der Waals surface area contributed by atoms with Gasteiger partial charge in [-0.15, -0.1) is 0 Å². The van der Waals surface area contributed by atoms with E-state index in [1.807, 2.05) is 37.3 Å². The van der Waals surface area contributed by atoms with E-state index in [1.54, 1.807) is 0 Å². The Morgan fingerprint density at radius 3 is 2.09 bits per heavy atom. The van der Waals surface area contributed by atoms with E-state index in [2.05, 4.69) is 27.4 Å². The number of esters is 1. The van der Waals surface area contributed by atoms with Gasteiger partial charge in [0, 0.05) is 6.08 Å². The summed E-state index contributed by atoms with van der Waals surface area (Å²) in [5.41, 5.74) is 0.845. The molecule has 0 aromatic heterocycles. The van der Waals surface area contributed by atoms with E-state index >= 15 is 0 Å². The first-order chi connectivity index (χ1) is 10.6. The Hall–Kier alpha value is -1.65. The first-order valence-electron chi connectivity index (χ1n) is 7.96. The van der Waals surface area contributed by atoms with Crippen molar-refractivity contribution in [1.82, 2.24) is 0 Å². The molecule has 0 spiro atoms. The number of hydrogen-bond donors (Lipinski definition) is 0. The Labute approximate surface area is 133 Å². The molecule has 0 aliphatic rings. The first-order valence-corrected chi connectivity index (χ1v) is 7.96. The van der Waals surface area contributed by atoms with Gasteiger partial charge in [-0.3, -0.25) is 9.22 Å². The zero-order valence-electron chi connectivity index (χ0n) is 14.2. The van der Waals surface area contributed by atoms with Gasteiger partial charge in [-0.05, 0) is 39.8 Å². The fraction of sp³-hybridized carbons (Fsp3) is 0.500. The zero-order valence-corrected chi connectivity index (χ0v) is 14.2. The second kappa shape index (κ2) is 8.11. The lowest BCUT2D eigenvalue weighted by Crippen LogP contribution is -2.65. The van der Waals surface area contributed by atoms with Crippen molar-refractivity contribution >= 4 is 5.97 Å². The molecule has 1 unspecified atom stereocenters. The average molecular weight is 306 g/mol. The van der Waals surface area contributed by atoms with Gasteiger partial charge in [0.2, 0.25) is 0 Å². The largest absolute Gasteiger partial charge is 0.392 e. The number of carbonyl (C=O) groups is 1. The summed E-state index contributed by atoms with van der Waals surface area (Å²) >= 11 is 0. The normalized spacial score (nSPS) is 14.2. The number of ether oxygens (including phenoxy) is 2. The Bertz CT molecular complexity index is 474. The maximum atomic E-state index is 12.0. The van der Waals surface area contributed by atoms with Crippen LogP contribution in [0.25, 0.3) is 0 Å². The third-order valence-corrected chi connectivity index (χ3v) is 4.32. The van der Waals surface area contributed by atoms with Gasteiger partial charge in [0.15, 0.2) is 0 Å². The highest BCUT2D eigenvalue weighted by atomic mass is 16.7. The van der Waals surface area contributed by atoms with Crippen molar-refractivity contribution in [3.05, 3.63) is 48.6 Å². The summed E-state index contributed by atoms with van der Waals surface area (Å²) in [4.78, 5) is 12.0. The van der Waals surface area contributed by atoms with E-state index in [1.165, 1.54) is 6.08 Å². The van der Waals surface area contributed by atoms with Crippen LogP contribution in [-0.4, -0.2) is 36.7 Å².